The minimum atomic E-state index is -0.964. The van der Waals surface area contributed by atoms with Crippen LogP contribution in [0.15, 0.2) is 42.5 Å². The fourth-order valence-corrected chi connectivity index (χ4v) is 3.38. The van der Waals surface area contributed by atoms with Crippen molar-refractivity contribution in [1.29, 1.82) is 0 Å². The highest BCUT2D eigenvalue weighted by Gasteiger charge is 2.39. The lowest BCUT2D eigenvalue weighted by atomic mass is 9.85. The number of fused-ring (bicyclic) bond motifs is 1. The Hall–Kier alpha value is -2.29. The summed E-state index contributed by atoms with van der Waals surface area (Å²) < 4.78 is 0. The highest BCUT2D eigenvalue weighted by atomic mass is 16.4. The maximum Gasteiger partial charge on any atom is 0.405 e. The topological polar surface area (TPSA) is 49.3 Å². The third-order valence-electron chi connectivity index (χ3n) is 4.53. The fourth-order valence-electron chi connectivity index (χ4n) is 3.38. The molecule has 0 spiro atoms. The van der Waals surface area contributed by atoms with Gasteiger partial charge in [-0.3, -0.25) is 0 Å². The monoisotopic (exact) mass is 295 g/mol. The minimum absolute atomic E-state index is 0.105. The van der Waals surface area contributed by atoms with Crippen LogP contribution in [0.1, 0.15) is 36.6 Å². The van der Waals surface area contributed by atoms with Gasteiger partial charge in [0.15, 0.2) is 0 Å². The predicted molar refractivity (Wildman–Crippen MR) is 88.0 cm³/mol. The van der Waals surface area contributed by atoms with E-state index in [4.69, 9.17) is 5.11 Å². The van der Waals surface area contributed by atoms with Crippen molar-refractivity contribution in [2.75, 3.05) is 0 Å². The van der Waals surface area contributed by atoms with Crippen LogP contribution >= 0.6 is 0 Å². The summed E-state index contributed by atoms with van der Waals surface area (Å²) in [6.07, 6.45) is -0.0824. The van der Waals surface area contributed by atoms with Crippen molar-refractivity contribution in [2.45, 2.75) is 33.2 Å². The summed E-state index contributed by atoms with van der Waals surface area (Å²) in [7, 11) is 0. The summed E-state index contributed by atoms with van der Waals surface area (Å²) >= 11 is 0. The van der Waals surface area contributed by atoms with Gasteiger partial charge in [0.1, 0.15) is 0 Å². The van der Waals surface area contributed by atoms with Crippen LogP contribution in [0.3, 0.4) is 0 Å². The highest BCUT2D eigenvalue weighted by Crippen LogP contribution is 2.46. The molecule has 0 aromatic heterocycles. The van der Waals surface area contributed by atoms with E-state index < -0.39 is 6.09 Å². The molecule has 3 nitrogen and oxygen atoms in total. The average Bonchev–Trinajstić information content (AvgIpc) is 2.69. The van der Waals surface area contributed by atoms with Gasteiger partial charge in [-0.25, -0.2) is 4.79 Å². The Labute approximate surface area is 131 Å². The maximum atomic E-state index is 11.1. The van der Waals surface area contributed by atoms with Gasteiger partial charge in [-0.1, -0.05) is 61.9 Å². The average molecular weight is 295 g/mol. The summed E-state index contributed by atoms with van der Waals surface area (Å²) in [4.78, 5) is 11.1. The molecule has 2 aromatic rings. The summed E-state index contributed by atoms with van der Waals surface area (Å²) in [6, 6.07) is 14.7. The number of aryl methyl sites for hydroxylation is 1. The standard InChI is InChI=1S/C19H21NO2/c1-12-4-6-13(7-5-12)14-8-9-16-15(10-14)11-19(2,3)17(16)20-18(21)22/h4-10,17,20H,11H2,1-3H3,(H,21,22). The number of carbonyl (C=O) groups is 1. The van der Waals surface area contributed by atoms with Gasteiger partial charge in [0, 0.05) is 0 Å². The smallest absolute Gasteiger partial charge is 0.405 e. The number of carboxylic acid groups (broad SMARTS) is 1. The molecule has 3 heteroatoms. The predicted octanol–water partition coefficient (Wildman–Crippen LogP) is 4.55. The van der Waals surface area contributed by atoms with Crippen LogP contribution in [-0.2, 0) is 6.42 Å². The van der Waals surface area contributed by atoms with E-state index in [2.05, 4.69) is 68.6 Å². The van der Waals surface area contributed by atoms with Crippen molar-refractivity contribution in [3.05, 3.63) is 59.2 Å². The number of amides is 1. The van der Waals surface area contributed by atoms with Crippen molar-refractivity contribution in [2.24, 2.45) is 5.41 Å². The molecule has 0 heterocycles. The molecule has 1 unspecified atom stereocenters. The molecule has 114 valence electrons. The van der Waals surface area contributed by atoms with Crippen LogP contribution < -0.4 is 5.32 Å². The van der Waals surface area contributed by atoms with Crippen molar-refractivity contribution in [1.82, 2.24) is 5.32 Å². The SMILES string of the molecule is Cc1ccc(-c2ccc3c(c2)CC(C)(C)C3NC(=O)O)cc1. The number of hydrogen-bond donors (Lipinski definition) is 2. The highest BCUT2D eigenvalue weighted by molar-refractivity contribution is 5.68. The third kappa shape index (κ3) is 2.59. The van der Waals surface area contributed by atoms with Crippen molar-refractivity contribution in [3.63, 3.8) is 0 Å². The van der Waals surface area contributed by atoms with Gasteiger partial charge in [0.05, 0.1) is 6.04 Å². The Morgan fingerprint density at radius 2 is 1.77 bits per heavy atom. The molecular weight excluding hydrogens is 274 g/mol. The zero-order chi connectivity index (χ0) is 15.9. The largest absolute Gasteiger partial charge is 0.465 e. The Morgan fingerprint density at radius 1 is 1.14 bits per heavy atom. The van der Waals surface area contributed by atoms with Gasteiger partial charge < -0.3 is 10.4 Å². The fraction of sp³-hybridized carbons (Fsp3) is 0.316. The Balaban J connectivity index is 1.99. The van der Waals surface area contributed by atoms with Gasteiger partial charge in [-0.15, -0.1) is 0 Å². The van der Waals surface area contributed by atoms with E-state index in [1.54, 1.807) is 0 Å². The van der Waals surface area contributed by atoms with Crippen molar-refractivity contribution < 1.29 is 9.90 Å². The third-order valence-corrected chi connectivity index (χ3v) is 4.53. The van der Waals surface area contributed by atoms with Crippen molar-refractivity contribution in [3.8, 4) is 11.1 Å². The molecule has 0 radical (unpaired) electrons. The first-order valence-electron chi connectivity index (χ1n) is 7.56. The lowest BCUT2D eigenvalue weighted by Gasteiger charge is -2.27. The molecule has 0 bridgehead atoms. The molecule has 1 aliphatic rings. The van der Waals surface area contributed by atoms with E-state index >= 15 is 0 Å². The first-order chi connectivity index (χ1) is 10.4. The van der Waals surface area contributed by atoms with Crippen LogP contribution in [0, 0.1) is 12.3 Å². The molecule has 2 aromatic carbocycles. The number of rotatable bonds is 2. The van der Waals surface area contributed by atoms with E-state index in [9.17, 15) is 4.79 Å². The summed E-state index contributed by atoms with van der Waals surface area (Å²) in [5, 5.41) is 11.8. The Kier molecular flexibility index (Phi) is 3.44. The summed E-state index contributed by atoms with van der Waals surface area (Å²) in [5.74, 6) is 0. The molecule has 0 saturated heterocycles. The summed E-state index contributed by atoms with van der Waals surface area (Å²) in [5.41, 5.74) is 5.86. The lowest BCUT2D eigenvalue weighted by Crippen LogP contribution is -2.34. The minimum Gasteiger partial charge on any atom is -0.465 e. The maximum absolute atomic E-state index is 11.1. The molecule has 0 saturated carbocycles. The Bertz CT molecular complexity index is 717. The van der Waals surface area contributed by atoms with Crippen LogP contribution in [0.5, 0.6) is 0 Å². The van der Waals surface area contributed by atoms with Gasteiger partial charge in [0.2, 0.25) is 0 Å². The first kappa shape index (κ1) is 14.6. The van der Waals surface area contributed by atoms with E-state index in [1.165, 1.54) is 22.3 Å². The normalized spacial score (nSPS) is 18.8. The second-order valence-corrected chi connectivity index (χ2v) is 6.83. The molecule has 0 aliphatic heterocycles. The quantitative estimate of drug-likeness (QED) is 0.853. The molecule has 3 rings (SSSR count). The number of benzene rings is 2. The second-order valence-electron chi connectivity index (χ2n) is 6.83. The van der Waals surface area contributed by atoms with Crippen LogP contribution in [-0.4, -0.2) is 11.2 Å². The van der Waals surface area contributed by atoms with Gasteiger partial charge in [-0.2, -0.15) is 0 Å². The second kappa shape index (κ2) is 5.16. The molecule has 22 heavy (non-hydrogen) atoms. The molecule has 1 atom stereocenters. The van der Waals surface area contributed by atoms with Crippen LogP contribution in [0.2, 0.25) is 0 Å². The molecular formula is C19H21NO2. The van der Waals surface area contributed by atoms with E-state index in [-0.39, 0.29) is 11.5 Å². The zero-order valence-corrected chi connectivity index (χ0v) is 13.2. The Morgan fingerprint density at radius 3 is 2.41 bits per heavy atom. The molecule has 0 fully saturated rings. The van der Waals surface area contributed by atoms with Crippen LogP contribution in [0.25, 0.3) is 11.1 Å². The van der Waals surface area contributed by atoms with E-state index in [1.807, 2.05) is 0 Å². The molecule has 1 aliphatic carbocycles. The first-order valence-corrected chi connectivity index (χ1v) is 7.56. The lowest BCUT2D eigenvalue weighted by molar-refractivity contribution is 0.175. The number of hydrogen-bond acceptors (Lipinski definition) is 1. The van der Waals surface area contributed by atoms with Gasteiger partial charge in [0.25, 0.3) is 0 Å². The number of nitrogens with one attached hydrogen (secondary N) is 1. The van der Waals surface area contributed by atoms with E-state index in [0.717, 1.165) is 12.0 Å². The van der Waals surface area contributed by atoms with Crippen molar-refractivity contribution >= 4 is 6.09 Å². The van der Waals surface area contributed by atoms with Crippen LogP contribution in [0.4, 0.5) is 4.79 Å². The summed E-state index contributed by atoms with van der Waals surface area (Å²) in [6.45, 7) is 6.30. The van der Waals surface area contributed by atoms with Gasteiger partial charge in [-0.05, 0) is 41.0 Å². The molecule has 1 amide bonds. The van der Waals surface area contributed by atoms with Gasteiger partial charge >= 0.3 is 6.09 Å². The molecule has 2 N–H and O–H groups in total. The van der Waals surface area contributed by atoms with E-state index in [0.29, 0.717) is 0 Å². The zero-order valence-electron chi connectivity index (χ0n) is 13.2.